The highest BCUT2D eigenvalue weighted by atomic mass is 35.5. The second-order valence-electron chi connectivity index (χ2n) is 12.1. The number of carbonyl (C=O) groups is 1. The van der Waals surface area contributed by atoms with Gasteiger partial charge in [-0.3, -0.25) is 4.79 Å². The van der Waals surface area contributed by atoms with Crippen molar-refractivity contribution in [2.75, 3.05) is 32.7 Å². The number of likely N-dealkylation sites (tertiary alicyclic amines) is 1. The fourth-order valence-electron chi connectivity index (χ4n) is 7.39. The second-order valence-corrected chi connectivity index (χ2v) is 12.1. The first-order valence-electron chi connectivity index (χ1n) is 15.3. The van der Waals surface area contributed by atoms with Crippen LogP contribution < -0.4 is 10.1 Å². The maximum absolute atomic E-state index is 14.4. The van der Waals surface area contributed by atoms with E-state index in [9.17, 15) is 9.18 Å². The van der Waals surface area contributed by atoms with E-state index in [0.717, 1.165) is 48.8 Å². The number of halogens is 3. The van der Waals surface area contributed by atoms with Gasteiger partial charge in [-0.15, -0.1) is 24.8 Å². The lowest BCUT2D eigenvalue weighted by molar-refractivity contribution is 0.0351. The summed E-state index contributed by atoms with van der Waals surface area (Å²) in [5.41, 5.74) is 2.50. The number of benzene rings is 2. The van der Waals surface area contributed by atoms with E-state index >= 15 is 0 Å². The Kier molecular flexibility index (Phi) is 10.2. The van der Waals surface area contributed by atoms with Gasteiger partial charge in [-0.1, -0.05) is 18.6 Å². The van der Waals surface area contributed by atoms with Gasteiger partial charge in [0.25, 0.3) is 5.91 Å². The van der Waals surface area contributed by atoms with Gasteiger partial charge in [0.1, 0.15) is 29.5 Å². The maximum atomic E-state index is 14.4. The number of carbonyl (C=O) groups excluding carboxylic acids is 1. The summed E-state index contributed by atoms with van der Waals surface area (Å²) in [5, 5.41) is 4.53. The van der Waals surface area contributed by atoms with Crippen LogP contribution in [0.5, 0.6) is 5.75 Å². The average Bonchev–Trinajstić information content (AvgIpc) is 3.63. The van der Waals surface area contributed by atoms with Crippen LogP contribution >= 0.6 is 24.8 Å². The van der Waals surface area contributed by atoms with Gasteiger partial charge in [-0.25, -0.2) is 4.39 Å². The van der Waals surface area contributed by atoms with E-state index < -0.39 is 0 Å². The number of piperidine rings is 3. The van der Waals surface area contributed by atoms with Gasteiger partial charge in [0.15, 0.2) is 0 Å². The van der Waals surface area contributed by atoms with E-state index in [0.29, 0.717) is 28.0 Å². The number of aromatic nitrogens is 1. The number of hydrogen-bond acceptors (Lipinski definition) is 5. The Balaban J connectivity index is 0.00000184. The van der Waals surface area contributed by atoms with Gasteiger partial charge in [0.2, 0.25) is 0 Å². The Morgan fingerprint density at radius 2 is 1.81 bits per heavy atom. The molecule has 0 aliphatic carbocycles. The lowest BCUT2D eigenvalue weighted by atomic mass is 9.83. The Hall–Kier alpha value is -2.78. The first kappa shape index (κ1) is 31.6. The van der Waals surface area contributed by atoms with Crippen LogP contribution in [0.2, 0.25) is 0 Å². The number of ether oxygens (including phenoxy) is 1. The van der Waals surface area contributed by atoms with E-state index in [1.165, 1.54) is 64.1 Å². The summed E-state index contributed by atoms with van der Waals surface area (Å²) >= 11 is 0. The molecule has 3 saturated heterocycles. The number of H-pyrrole nitrogens is 1. The van der Waals surface area contributed by atoms with Crippen molar-refractivity contribution in [1.29, 1.82) is 0 Å². The molecule has 3 aliphatic rings. The van der Waals surface area contributed by atoms with Gasteiger partial charge in [0.05, 0.1) is 11.6 Å². The number of rotatable bonds is 7. The summed E-state index contributed by atoms with van der Waals surface area (Å²) in [6.45, 7) is 6.03. The first-order valence-corrected chi connectivity index (χ1v) is 15.3. The number of hydrogen-bond donors (Lipinski definition) is 2. The Bertz CT molecular complexity index is 1530. The Morgan fingerprint density at radius 3 is 2.67 bits per heavy atom. The van der Waals surface area contributed by atoms with E-state index in [2.05, 4.69) is 20.1 Å². The third kappa shape index (κ3) is 6.68. The highest BCUT2D eigenvalue weighted by Crippen LogP contribution is 2.33. The number of nitrogens with one attached hydrogen (secondary N) is 2. The molecule has 2 N–H and O–H groups in total. The Labute approximate surface area is 264 Å². The van der Waals surface area contributed by atoms with Crippen molar-refractivity contribution in [3.63, 3.8) is 0 Å². The molecular weight excluding hydrogens is 590 g/mol. The quantitative estimate of drug-likeness (QED) is 0.231. The van der Waals surface area contributed by atoms with Crippen molar-refractivity contribution in [1.82, 2.24) is 20.1 Å². The molecule has 3 aliphatic heterocycles. The maximum Gasteiger partial charge on any atom is 0.267 e. The summed E-state index contributed by atoms with van der Waals surface area (Å²) < 4.78 is 25.9. The third-order valence-corrected chi connectivity index (χ3v) is 9.52. The van der Waals surface area contributed by atoms with Crippen LogP contribution in [0.4, 0.5) is 4.39 Å². The summed E-state index contributed by atoms with van der Waals surface area (Å²) in [7, 11) is 0. The molecule has 5 heterocycles. The fourth-order valence-corrected chi connectivity index (χ4v) is 7.39. The zero-order valence-corrected chi connectivity index (χ0v) is 26.0. The summed E-state index contributed by atoms with van der Waals surface area (Å²) in [4.78, 5) is 21.9. The smallest absolute Gasteiger partial charge is 0.267 e. The molecule has 3 fully saturated rings. The van der Waals surface area contributed by atoms with Crippen LogP contribution in [0.25, 0.3) is 21.9 Å². The van der Waals surface area contributed by atoms with Gasteiger partial charge in [-0.2, -0.15) is 0 Å². The number of nitrogens with zero attached hydrogens (tertiary/aromatic N) is 2. The molecular formula is C33H41Cl2FN4O3. The molecule has 0 bridgehead atoms. The van der Waals surface area contributed by atoms with Gasteiger partial charge >= 0.3 is 0 Å². The summed E-state index contributed by atoms with van der Waals surface area (Å²) in [6.07, 6.45) is 10.3. The SMILES string of the molecule is Cl.Cl.O=C(NC1CCN(C[C@@H]2CCCN3CCCC[C@H]23)CC1)c1cc2c(OCc3coc4cccc(F)c34)cccc2[nH]1. The minimum atomic E-state index is -0.329. The summed E-state index contributed by atoms with van der Waals surface area (Å²) in [6, 6.07) is 13.3. The first-order chi connectivity index (χ1) is 20.1. The molecule has 0 radical (unpaired) electrons. The van der Waals surface area contributed by atoms with E-state index in [-0.39, 0.29) is 49.2 Å². The average molecular weight is 632 g/mol. The van der Waals surface area contributed by atoms with Crippen LogP contribution in [0.1, 0.15) is 61.0 Å². The highest BCUT2D eigenvalue weighted by Gasteiger charge is 2.34. The number of furan rings is 1. The van der Waals surface area contributed by atoms with E-state index in [4.69, 9.17) is 9.15 Å². The Morgan fingerprint density at radius 1 is 1.00 bits per heavy atom. The van der Waals surface area contributed by atoms with Crippen LogP contribution in [0.15, 0.2) is 53.1 Å². The fraction of sp³-hybridized carbons (Fsp3) is 0.485. The van der Waals surface area contributed by atoms with Crippen LogP contribution in [0.3, 0.4) is 0 Å². The monoisotopic (exact) mass is 630 g/mol. The predicted octanol–water partition coefficient (Wildman–Crippen LogP) is 6.93. The second kappa shape index (κ2) is 13.9. The zero-order chi connectivity index (χ0) is 27.8. The largest absolute Gasteiger partial charge is 0.488 e. The molecule has 7 nitrogen and oxygen atoms in total. The molecule has 10 heteroatoms. The molecule has 2 atom stereocenters. The topological polar surface area (TPSA) is 73.7 Å². The van der Waals surface area contributed by atoms with Gasteiger partial charge < -0.3 is 29.3 Å². The molecule has 43 heavy (non-hydrogen) atoms. The van der Waals surface area contributed by atoms with Crippen molar-refractivity contribution in [2.45, 2.75) is 63.6 Å². The minimum Gasteiger partial charge on any atom is -0.488 e. The predicted molar refractivity (Wildman–Crippen MR) is 172 cm³/mol. The van der Waals surface area contributed by atoms with Crippen LogP contribution in [-0.2, 0) is 6.61 Å². The van der Waals surface area contributed by atoms with Crippen molar-refractivity contribution >= 4 is 52.6 Å². The van der Waals surface area contributed by atoms with Crippen LogP contribution in [0, 0.1) is 11.7 Å². The van der Waals surface area contributed by atoms with Crippen molar-refractivity contribution in [3.05, 3.63) is 65.8 Å². The van der Waals surface area contributed by atoms with E-state index in [1.807, 2.05) is 24.3 Å². The van der Waals surface area contributed by atoms with Gasteiger partial charge in [-0.05, 0) is 87.9 Å². The van der Waals surface area contributed by atoms with E-state index in [1.54, 1.807) is 12.1 Å². The van der Waals surface area contributed by atoms with Crippen molar-refractivity contribution in [2.24, 2.45) is 5.92 Å². The standard InChI is InChI=1S/C33H39FN4O3.2ClH/c34-26-7-3-11-31-32(26)23(21-41-31)20-40-30-10-4-8-27-25(30)18-28(36-27)33(39)35-24-12-16-37(17-13-24)19-22-6-5-15-38-14-2-1-9-29(22)38;;/h3-4,7-8,10-11,18,21-22,24,29,36H,1-2,5-6,9,12-17,19-20H2,(H,35,39);2*1H/t22-,29+;;/m0../s1. The van der Waals surface area contributed by atoms with Crippen LogP contribution in [-0.4, -0.2) is 65.5 Å². The lowest BCUT2D eigenvalue weighted by Crippen LogP contribution is -2.52. The summed E-state index contributed by atoms with van der Waals surface area (Å²) in [5.74, 6) is 1.02. The van der Waals surface area contributed by atoms with Gasteiger partial charge in [0, 0.05) is 48.2 Å². The molecule has 2 aromatic heterocycles. The molecule has 2 aromatic carbocycles. The highest BCUT2D eigenvalue weighted by molar-refractivity contribution is 5.99. The molecule has 0 spiro atoms. The normalized spacial score (nSPS) is 21.6. The molecule has 0 saturated carbocycles. The number of fused-ring (bicyclic) bond motifs is 3. The number of aromatic amines is 1. The molecule has 1 amide bonds. The lowest BCUT2D eigenvalue weighted by Gasteiger charge is -2.46. The molecule has 0 unspecified atom stereocenters. The molecule has 4 aromatic rings. The number of amides is 1. The minimum absolute atomic E-state index is 0. The molecule has 232 valence electrons. The molecule has 7 rings (SSSR count). The third-order valence-electron chi connectivity index (χ3n) is 9.52. The van der Waals surface area contributed by atoms with Crippen molar-refractivity contribution < 1.29 is 18.3 Å². The van der Waals surface area contributed by atoms with Crippen molar-refractivity contribution in [3.8, 4) is 5.75 Å². The zero-order valence-electron chi connectivity index (χ0n) is 24.4.